The first kappa shape index (κ1) is 12.0. The maximum absolute atomic E-state index is 11.4. The number of hydrogen-bond acceptors (Lipinski definition) is 5. The highest BCUT2D eigenvalue weighted by Gasteiger charge is 2.07. The van der Waals surface area contributed by atoms with E-state index in [4.69, 9.17) is 4.74 Å². The molecule has 1 aromatic heterocycles. The minimum absolute atomic E-state index is 0.331. The summed E-state index contributed by atoms with van der Waals surface area (Å²) in [6, 6.07) is 5.52. The Kier molecular flexibility index (Phi) is 3.52. The molecule has 1 heterocycles. The lowest BCUT2D eigenvalue weighted by Crippen LogP contribution is -2.14. The van der Waals surface area contributed by atoms with Gasteiger partial charge in [0, 0.05) is 5.69 Å². The Bertz CT molecular complexity index is 538. The van der Waals surface area contributed by atoms with Crippen LogP contribution in [0.3, 0.4) is 0 Å². The molecule has 0 spiro atoms. The van der Waals surface area contributed by atoms with Crippen molar-refractivity contribution in [2.24, 2.45) is 0 Å². The molecule has 0 aliphatic heterocycles. The van der Waals surface area contributed by atoms with Crippen LogP contribution in [-0.4, -0.2) is 32.9 Å². The van der Waals surface area contributed by atoms with E-state index in [-0.39, 0.29) is 0 Å². The number of ether oxygens (including phenoxy) is 1. The van der Waals surface area contributed by atoms with Crippen molar-refractivity contribution in [2.75, 3.05) is 11.9 Å². The van der Waals surface area contributed by atoms with Crippen LogP contribution < -0.4 is 5.32 Å². The molecule has 2 rings (SSSR count). The SMILES string of the molecule is CCOC(=O)Nc1cc(-n2cnnn2)ccc1C. The van der Waals surface area contributed by atoms with Crippen molar-refractivity contribution in [1.82, 2.24) is 20.2 Å². The van der Waals surface area contributed by atoms with Gasteiger partial charge in [-0.3, -0.25) is 5.32 Å². The molecule has 0 saturated heterocycles. The molecule has 0 aliphatic rings. The van der Waals surface area contributed by atoms with Crippen molar-refractivity contribution in [1.29, 1.82) is 0 Å². The normalized spacial score (nSPS) is 10.1. The number of rotatable bonds is 3. The molecule has 1 N–H and O–H groups in total. The van der Waals surface area contributed by atoms with Crippen LogP contribution in [0.2, 0.25) is 0 Å². The Morgan fingerprint density at radius 3 is 3.00 bits per heavy atom. The monoisotopic (exact) mass is 247 g/mol. The van der Waals surface area contributed by atoms with Gasteiger partial charge in [0.15, 0.2) is 0 Å². The van der Waals surface area contributed by atoms with E-state index >= 15 is 0 Å². The molecule has 1 amide bonds. The third-order valence-electron chi connectivity index (χ3n) is 2.35. The van der Waals surface area contributed by atoms with Gasteiger partial charge in [0.25, 0.3) is 0 Å². The highest BCUT2D eigenvalue weighted by Crippen LogP contribution is 2.19. The average Bonchev–Trinajstić information content (AvgIpc) is 2.86. The van der Waals surface area contributed by atoms with Crippen molar-refractivity contribution >= 4 is 11.8 Å². The number of carbonyl (C=O) groups excluding carboxylic acids is 1. The van der Waals surface area contributed by atoms with Crippen LogP contribution in [0.5, 0.6) is 0 Å². The Hall–Kier alpha value is -2.44. The van der Waals surface area contributed by atoms with Crippen molar-refractivity contribution in [3.05, 3.63) is 30.1 Å². The molecule has 0 saturated carbocycles. The third-order valence-corrected chi connectivity index (χ3v) is 2.35. The maximum atomic E-state index is 11.4. The van der Waals surface area contributed by atoms with Crippen molar-refractivity contribution in [3.63, 3.8) is 0 Å². The lowest BCUT2D eigenvalue weighted by molar-refractivity contribution is 0.168. The summed E-state index contributed by atoms with van der Waals surface area (Å²) in [4.78, 5) is 11.4. The first-order valence-corrected chi connectivity index (χ1v) is 5.48. The quantitative estimate of drug-likeness (QED) is 0.889. The van der Waals surface area contributed by atoms with Crippen LogP contribution in [0, 0.1) is 6.92 Å². The van der Waals surface area contributed by atoms with Gasteiger partial charge in [-0.15, -0.1) is 5.10 Å². The summed E-state index contributed by atoms with van der Waals surface area (Å²) in [6.45, 7) is 3.98. The fraction of sp³-hybridized carbons (Fsp3) is 0.273. The van der Waals surface area contributed by atoms with Gasteiger partial charge in [0.2, 0.25) is 0 Å². The Balaban J connectivity index is 2.24. The zero-order valence-electron chi connectivity index (χ0n) is 10.1. The smallest absolute Gasteiger partial charge is 0.411 e. The fourth-order valence-corrected chi connectivity index (χ4v) is 1.44. The van der Waals surface area contributed by atoms with Gasteiger partial charge in [0.1, 0.15) is 6.33 Å². The second kappa shape index (κ2) is 5.26. The molecule has 0 radical (unpaired) electrons. The molecule has 1 aromatic carbocycles. The summed E-state index contributed by atoms with van der Waals surface area (Å²) in [5, 5.41) is 13.6. The Labute approximate surface area is 104 Å². The number of amides is 1. The zero-order chi connectivity index (χ0) is 13.0. The van der Waals surface area contributed by atoms with Crippen molar-refractivity contribution < 1.29 is 9.53 Å². The molecule has 18 heavy (non-hydrogen) atoms. The number of benzene rings is 1. The number of hydrogen-bond donors (Lipinski definition) is 1. The van der Waals surface area contributed by atoms with E-state index < -0.39 is 6.09 Å². The second-order valence-electron chi connectivity index (χ2n) is 3.60. The van der Waals surface area contributed by atoms with Gasteiger partial charge in [-0.05, 0) is 42.0 Å². The number of nitrogens with zero attached hydrogens (tertiary/aromatic N) is 4. The van der Waals surface area contributed by atoms with Crippen LogP contribution in [0.25, 0.3) is 5.69 Å². The van der Waals surface area contributed by atoms with E-state index in [0.717, 1.165) is 11.3 Å². The van der Waals surface area contributed by atoms with E-state index in [2.05, 4.69) is 20.8 Å². The largest absolute Gasteiger partial charge is 0.450 e. The summed E-state index contributed by atoms with van der Waals surface area (Å²) >= 11 is 0. The summed E-state index contributed by atoms with van der Waals surface area (Å²) in [6.07, 6.45) is 1.01. The first-order chi connectivity index (χ1) is 8.70. The van der Waals surface area contributed by atoms with Crippen molar-refractivity contribution in [2.45, 2.75) is 13.8 Å². The van der Waals surface area contributed by atoms with Crippen molar-refractivity contribution in [3.8, 4) is 5.69 Å². The highest BCUT2D eigenvalue weighted by molar-refractivity contribution is 5.86. The van der Waals surface area contributed by atoms with Gasteiger partial charge >= 0.3 is 6.09 Å². The number of carbonyl (C=O) groups is 1. The lowest BCUT2D eigenvalue weighted by atomic mass is 10.2. The predicted molar refractivity (Wildman–Crippen MR) is 64.5 cm³/mol. The van der Waals surface area contributed by atoms with Crippen LogP contribution in [-0.2, 0) is 4.74 Å². The zero-order valence-corrected chi connectivity index (χ0v) is 10.1. The van der Waals surface area contributed by atoms with E-state index in [1.807, 2.05) is 19.1 Å². The van der Waals surface area contributed by atoms with E-state index in [1.165, 1.54) is 11.0 Å². The molecule has 7 nitrogen and oxygen atoms in total. The number of nitrogens with one attached hydrogen (secondary N) is 1. The van der Waals surface area contributed by atoms with E-state index in [1.54, 1.807) is 13.0 Å². The first-order valence-electron chi connectivity index (χ1n) is 5.48. The molecular formula is C11H13N5O2. The molecule has 0 fully saturated rings. The number of aryl methyl sites for hydroxylation is 1. The Morgan fingerprint density at radius 1 is 1.50 bits per heavy atom. The average molecular weight is 247 g/mol. The molecule has 2 aromatic rings. The Morgan fingerprint density at radius 2 is 2.33 bits per heavy atom. The lowest BCUT2D eigenvalue weighted by Gasteiger charge is -2.09. The van der Waals surface area contributed by atoms with Crippen LogP contribution in [0.1, 0.15) is 12.5 Å². The molecular weight excluding hydrogens is 234 g/mol. The fourth-order valence-electron chi connectivity index (χ4n) is 1.44. The maximum Gasteiger partial charge on any atom is 0.411 e. The number of aromatic nitrogens is 4. The molecule has 0 aliphatic carbocycles. The highest BCUT2D eigenvalue weighted by atomic mass is 16.5. The molecule has 0 atom stereocenters. The predicted octanol–water partition coefficient (Wildman–Crippen LogP) is 1.54. The van der Waals surface area contributed by atoms with Gasteiger partial charge in [0.05, 0.1) is 12.3 Å². The summed E-state index contributed by atoms with van der Waals surface area (Å²) in [5.41, 5.74) is 2.36. The van der Waals surface area contributed by atoms with Crippen LogP contribution in [0.4, 0.5) is 10.5 Å². The van der Waals surface area contributed by atoms with Gasteiger partial charge in [-0.25, -0.2) is 9.48 Å². The second-order valence-corrected chi connectivity index (χ2v) is 3.60. The minimum Gasteiger partial charge on any atom is -0.450 e. The van der Waals surface area contributed by atoms with Gasteiger partial charge < -0.3 is 4.74 Å². The summed E-state index contributed by atoms with van der Waals surface area (Å²) in [7, 11) is 0. The van der Waals surface area contributed by atoms with Gasteiger partial charge in [-0.1, -0.05) is 6.07 Å². The topological polar surface area (TPSA) is 81.9 Å². The number of anilines is 1. The molecule has 94 valence electrons. The van der Waals surface area contributed by atoms with E-state index in [9.17, 15) is 4.79 Å². The molecule has 7 heteroatoms. The molecule has 0 bridgehead atoms. The van der Waals surface area contributed by atoms with E-state index in [0.29, 0.717) is 12.3 Å². The summed E-state index contributed by atoms with van der Waals surface area (Å²) in [5.74, 6) is 0. The van der Waals surface area contributed by atoms with Gasteiger partial charge in [-0.2, -0.15) is 0 Å². The van der Waals surface area contributed by atoms with Crippen LogP contribution in [0.15, 0.2) is 24.5 Å². The van der Waals surface area contributed by atoms with Crippen LogP contribution >= 0.6 is 0 Å². The third kappa shape index (κ3) is 2.62. The minimum atomic E-state index is -0.477. The number of tetrazole rings is 1. The molecule has 0 unspecified atom stereocenters. The standard InChI is InChI=1S/C11H13N5O2/c1-3-18-11(17)13-10-6-9(5-4-8(10)2)16-7-12-14-15-16/h4-7H,3H2,1-2H3,(H,13,17). The summed E-state index contributed by atoms with van der Waals surface area (Å²) < 4.78 is 6.34.